The van der Waals surface area contributed by atoms with Gasteiger partial charge in [-0.3, -0.25) is 0 Å². The minimum Gasteiger partial charge on any atom is -0.361 e. The summed E-state index contributed by atoms with van der Waals surface area (Å²) in [5.74, 6) is 0. The molecular formula is C13H19Cl2N3OSi. The highest BCUT2D eigenvalue weighted by Gasteiger charge is 2.14. The number of ether oxygens (including phenoxy) is 1. The number of hydrogen-bond acceptors (Lipinski definition) is 3. The first kappa shape index (κ1) is 15.8. The molecule has 4 nitrogen and oxygen atoms in total. The second-order valence-corrected chi connectivity index (χ2v) is 12.4. The van der Waals surface area contributed by atoms with Gasteiger partial charge in [0, 0.05) is 20.4 Å². The van der Waals surface area contributed by atoms with Crippen LogP contribution >= 0.6 is 23.2 Å². The number of aromatic nitrogens is 3. The van der Waals surface area contributed by atoms with Crippen molar-refractivity contribution in [1.29, 1.82) is 0 Å². The summed E-state index contributed by atoms with van der Waals surface area (Å²) >= 11 is 12.0. The normalized spacial score (nSPS) is 12.3. The molecule has 0 saturated carbocycles. The molecule has 0 spiro atoms. The van der Waals surface area contributed by atoms with E-state index in [4.69, 9.17) is 27.9 Å². The van der Waals surface area contributed by atoms with Gasteiger partial charge in [0.05, 0.1) is 5.39 Å². The molecule has 20 heavy (non-hydrogen) atoms. The summed E-state index contributed by atoms with van der Waals surface area (Å²) in [6.45, 7) is 10.2. The predicted molar refractivity (Wildman–Crippen MR) is 86.4 cm³/mol. The molecule has 0 atom stereocenters. The van der Waals surface area contributed by atoms with Crippen LogP contribution in [0.4, 0.5) is 0 Å². The van der Waals surface area contributed by atoms with E-state index in [1.807, 2.05) is 17.6 Å². The quantitative estimate of drug-likeness (QED) is 0.353. The summed E-state index contributed by atoms with van der Waals surface area (Å²) in [5, 5.41) is 1.34. The molecule has 2 aromatic rings. The number of nitrogens with zero attached hydrogens (tertiary/aromatic N) is 3. The molecule has 110 valence electrons. The van der Waals surface area contributed by atoms with Crippen molar-refractivity contribution in [2.45, 2.75) is 39.3 Å². The molecule has 0 N–H and O–H groups in total. The van der Waals surface area contributed by atoms with Gasteiger partial charge in [0.25, 0.3) is 0 Å². The van der Waals surface area contributed by atoms with E-state index in [0.29, 0.717) is 11.9 Å². The summed E-state index contributed by atoms with van der Waals surface area (Å²) < 4.78 is 7.75. The largest absolute Gasteiger partial charge is 0.361 e. The third kappa shape index (κ3) is 3.72. The van der Waals surface area contributed by atoms with Crippen molar-refractivity contribution in [1.82, 2.24) is 14.5 Å². The molecule has 2 heterocycles. The second-order valence-electron chi connectivity index (χ2n) is 6.08. The smallest absolute Gasteiger partial charge is 0.225 e. The number of aryl methyl sites for hydroxylation is 1. The van der Waals surface area contributed by atoms with Crippen LogP contribution in [0, 0.1) is 6.92 Å². The Morgan fingerprint density at radius 3 is 2.60 bits per heavy atom. The first-order valence-electron chi connectivity index (χ1n) is 6.54. The van der Waals surface area contributed by atoms with E-state index in [1.165, 1.54) is 0 Å². The molecule has 0 aliphatic carbocycles. The standard InChI is InChI=1S/C13H19Cl2N3OSi/c1-9-7-10-11(14)16-13(15)17-12(10)18(9)8-19-5-6-20(2,3)4/h7H,5-6,8H2,1-4H3. The summed E-state index contributed by atoms with van der Waals surface area (Å²) in [6, 6.07) is 3.09. The van der Waals surface area contributed by atoms with Crippen LogP contribution in [0.25, 0.3) is 11.0 Å². The second kappa shape index (κ2) is 6.01. The Labute approximate surface area is 130 Å². The summed E-state index contributed by atoms with van der Waals surface area (Å²) in [4.78, 5) is 8.20. The SMILES string of the molecule is Cc1cc2c(Cl)nc(Cl)nc2n1COCC[Si](C)(C)C. The van der Waals surface area contributed by atoms with Gasteiger partial charge in [-0.1, -0.05) is 31.2 Å². The molecule has 7 heteroatoms. The minimum absolute atomic E-state index is 0.156. The van der Waals surface area contributed by atoms with Crippen molar-refractivity contribution in [2.75, 3.05) is 6.61 Å². The Morgan fingerprint density at radius 1 is 1.25 bits per heavy atom. The average Bonchev–Trinajstić information content (AvgIpc) is 2.61. The zero-order valence-corrected chi connectivity index (χ0v) is 14.7. The van der Waals surface area contributed by atoms with Gasteiger partial charge < -0.3 is 9.30 Å². The Balaban J connectivity index is 2.16. The van der Waals surface area contributed by atoms with Crippen LogP contribution in [0.1, 0.15) is 5.69 Å². The molecule has 0 saturated heterocycles. The van der Waals surface area contributed by atoms with Crippen molar-refractivity contribution >= 4 is 42.3 Å². The monoisotopic (exact) mass is 331 g/mol. The van der Waals surface area contributed by atoms with E-state index in [1.54, 1.807) is 0 Å². The van der Waals surface area contributed by atoms with Crippen LogP contribution in [0.3, 0.4) is 0 Å². The van der Waals surface area contributed by atoms with Crippen molar-refractivity contribution < 1.29 is 4.74 Å². The summed E-state index contributed by atoms with van der Waals surface area (Å²) in [5.41, 5.74) is 1.76. The van der Waals surface area contributed by atoms with Gasteiger partial charge in [-0.05, 0) is 30.6 Å². The first-order valence-corrected chi connectivity index (χ1v) is 11.0. The van der Waals surface area contributed by atoms with Crippen molar-refractivity contribution in [3.8, 4) is 0 Å². The van der Waals surface area contributed by atoms with E-state index in [9.17, 15) is 0 Å². The fourth-order valence-corrected chi connectivity index (χ4v) is 3.07. The molecule has 0 radical (unpaired) electrons. The molecule has 0 amide bonds. The molecule has 2 rings (SSSR count). The van der Waals surface area contributed by atoms with Crippen LogP contribution < -0.4 is 0 Å². The Hall–Kier alpha value is -0.623. The Morgan fingerprint density at radius 2 is 1.95 bits per heavy atom. The molecular weight excluding hydrogens is 313 g/mol. The van der Waals surface area contributed by atoms with Crippen LogP contribution in [-0.4, -0.2) is 29.2 Å². The van der Waals surface area contributed by atoms with Gasteiger partial charge in [-0.2, -0.15) is 4.98 Å². The van der Waals surface area contributed by atoms with E-state index >= 15 is 0 Å². The van der Waals surface area contributed by atoms with Crippen LogP contribution in [0.5, 0.6) is 0 Å². The van der Waals surface area contributed by atoms with Gasteiger partial charge in [-0.15, -0.1) is 0 Å². The Bertz CT molecular complexity index is 622. The molecule has 0 aromatic carbocycles. The summed E-state index contributed by atoms with van der Waals surface area (Å²) in [7, 11) is -1.07. The van der Waals surface area contributed by atoms with Gasteiger partial charge in [0.2, 0.25) is 5.28 Å². The minimum atomic E-state index is -1.07. The maximum absolute atomic E-state index is 6.08. The molecule has 0 aliphatic rings. The lowest BCUT2D eigenvalue weighted by molar-refractivity contribution is 0.0886. The summed E-state index contributed by atoms with van der Waals surface area (Å²) in [6.07, 6.45) is 0. The van der Waals surface area contributed by atoms with Crippen molar-refractivity contribution in [2.24, 2.45) is 0 Å². The molecule has 0 unspecified atom stereocenters. The molecule has 0 fully saturated rings. The maximum atomic E-state index is 6.08. The lowest BCUT2D eigenvalue weighted by Crippen LogP contribution is -2.22. The molecule has 2 aromatic heterocycles. The number of fused-ring (bicyclic) bond motifs is 1. The van der Waals surface area contributed by atoms with Crippen molar-refractivity contribution in [3.63, 3.8) is 0 Å². The fourth-order valence-electron chi connectivity index (χ4n) is 1.89. The van der Waals surface area contributed by atoms with Crippen molar-refractivity contribution in [3.05, 3.63) is 22.2 Å². The number of rotatable bonds is 5. The van der Waals surface area contributed by atoms with E-state index in [2.05, 4.69) is 29.6 Å². The van der Waals surface area contributed by atoms with E-state index < -0.39 is 8.07 Å². The van der Waals surface area contributed by atoms with Crippen LogP contribution in [0.2, 0.25) is 36.1 Å². The van der Waals surface area contributed by atoms with Gasteiger partial charge in [0.15, 0.2) is 0 Å². The van der Waals surface area contributed by atoms with Gasteiger partial charge in [0.1, 0.15) is 17.5 Å². The highest BCUT2D eigenvalue weighted by atomic mass is 35.5. The fraction of sp³-hybridized carbons (Fsp3) is 0.538. The lowest BCUT2D eigenvalue weighted by Gasteiger charge is -2.16. The van der Waals surface area contributed by atoms with Crippen LogP contribution in [-0.2, 0) is 11.5 Å². The Kier molecular flexibility index (Phi) is 4.74. The number of halogens is 2. The number of hydrogen-bond donors (Lipinski definition) is 0. The zero-order chi connectivity index (χ0) is 14.9. The highest BCUT2D eigenvalue weighted by Crippen LogP contribution is 2.25. The maximum Gasteiger partial charge on any atom is 0.225 e. The molecule has 0 aliphatic heterocycles. The van der Waals surface area contributed by atoms with Gasteiger partial charge in [-0.25, -0.2) is 4.98 Å². The van der Waals surface area contributed by atoms with E-state index in [-0.39, 0.29) is 5.28 Å². The highest BCUT2D eigenvalue weighted by molar-refractivity contribution is 6.76. The predicted octanol–water partition coefficient (Wildman–Crippen LogP) is 4.36. The first-order chi connectivity index (χ1) is 9.28. The average molecular weight is 332 g/mol. The third-order valence-electron chi connectivity index (χ3n) is 3.10. The lowest BCUT2D eigenvalue weighted by atomic mass is 10.4. The zero-order valence-electron chi connectivity index (χ0n) is 12.2. The third-order valence-corrected chi connectivity index (χ3v) is 5.26. The topological polar surface area (TPSA) is 39.9 Å². The van der Waals surface area contributed by atoms with Crippen LogP contribution in [0.15, 0.2) is 6.07 Å². The molecule has 0 bridgehead atoms. The van der Waals surface area contributed by atoms with Gasteiger partial charge >= 0.3 is 0 Å². The van der Waals surface area contributed by atoms with E-state index in [0.717, 1.165) is 29.4 Å².